The van der Waals surface area contributed by atoms with Crippen LogP contribution in [0.3, 0.4) is 0 Å². The van der Waals surface area contributed by atoms with Gasteiger partial charge in [0.2, 0.25) is 0 Å². The molecule has 10 heteroatoms. The van der Waals surface area contributed by atoms with E-state index in [2.05, 4.69) is 22.2 Å². The van der Waals surface area contributed by atoms with Gasteiger partial charge in [-0.3, -0.25) is 4.79 Å². The van der Waals surface area contributed by atoms with Crippen LogP contribution in [0.15, 0.2) is 53.4 Å². The highest BCUT2D eigenvalue weighted by Crippen LogP contribution is 2.30. The summed E-state index contributed by atoms with van der Waals surface area (Å²) in [6, 6.07) is 10.9. The number of rotatable bonds is 4. The summed E-state index contributed by atoms with van der Waals surface area (Å²) < 4.78 is 60.5. The lowest BCUT2D eigenvalue weighted by Crippen LogP contribution is -2.44. The SMILES string of the molecule is CN1CCN(c2ccc(NC(=O)c3ccc(S(=O)(=O)C(F)(F)F)cc3)cc2)CC1. The number of benzene rings is 2. The highest BCUT2D eigenvalue weighted by molar-refractivity contribution is 7.92. The Hall–Kier alpha value is -2.59. The van der Waals surface area contributed by atoms with Crippen LogP contribution >= 0.6 is 0 Å². The molecule has 1 heterocycles. The van der Waals surface area contributed by atoms with Crippen LogP contribution < -0.4 is 10.2 Å². The van der Waals surface area contributed by atoms with Crippen molar-refractivity contribution in [3.8, 4) is 0 Å². The molecular weight excluding hydrogens is 407 g/mol. The Bertz CT molecular complexity index is 966. The van der Waals surface area contributed by atoms with Crippen molar-refractivity contribution in [3.63, 3.8) is 0 Å². The Kier molecular flexibility index (Phi) is 5.85. The van der Waals surface area contributed by atoms with Crippen molar-refractivity contribution in [2.24, 2.45) is 0 Å². The van der Waals surface area contributed by atoms with Gasteiger partial charge < -0.3 is 15.1 Å². The molecule has 29 heavy (non-hydrogen) atoms. The zero-order chi connectivity index (χ0) is 21.2. The molecule has 1 aliphatic heterocycles. The number of carbonyl (C=O) groups excluding carboxylic acids is 1. The fraction of sp³-hybridized carbons (Fsp3) is 0.316. The summed E-state index contributed by atoms with van der Waals surface area (Å²) in [5.74, 6) is -0.548. The Balaban J connectivity index is 1.66. The second-order valence-corrected chi connectivity index (χ2v) is 8.71. The largest absolute Gasteiger partial charge is 0.501 e. The lowest BCUT2D eigenvalue weighted by molar-refractivity contribution is -0.0436. The molecule has 6 nitrogen and oxygen atoms in total. The van der Waals surface area contributed by atoms with Crippen molar-refractivity contribution in [2.45, 2.75) is 10.4 Å². The number of piperazine rings is 1. The van der Waals surface area contributed by atoms with Gasteiger partial charge >= 0.3 is 5.51 Å². The zero-order valence-electron chi connectivity index (χ0n) is 15.6. The summed E-state index contributed by atoms with van der Waals surface area (Å²) in [5, 5.41) is 2.65. The quantitative estimate of drug-likeness (QED) is 0.813. The molecule has 2 aromatic rings. The van der Waals surface area contributed by atoms with E-state index in [-0.39, 0.29) is 5.56 Å². The van der Waals surface area contributed by atoms with Crippen LogP contribution in [0.4, 0.5) is 24.5 Å². The minimum Gasteiger partial charge on any atom is -0.369 e. The molecule has 156 valence electrons. The summed E-state index contributed by atoms with van der Waals surface area (Å²) in [5.41, 5.74) is -3.77. The van der Waals surface area contributed by atoms with Crippen LogP contribution in [0, 0.1) is 0 Å². The number of alkyl halides is 3. The molecule has 0 bridgehead atoms. The smallest absolute Gasteiger partial charge is 0.369 e. The Morgan fingerprint density at radius 2 is 1.48 bits per heavy atom. The molecule has 0 radical (unpaired) electrons. The lowest BCUT2D eigenvalue weighted by Gasteiger charge is -2.34. The molecule has 0 aliphatic carbocycles. The first-order valence-electron chi connectivity index (χ1n) is 8.84. The molecule has 3 rings (SSSR count). The second kappa shape index (κ2) is 8.03. The number of halogens is 3. The minimum absolute atomic E-state index is 0.0502. The summed E-state index contributed by atoms with van der Waals surface area (Å²) >= 11 is 0. The predicted molar refractivity (Wildman–Crippen MR) is 104 cm³/mol. The van der Waals surface area contributed by atoms with Gasteiger partial charge in [-0.2, -0.15) is 13.2 Å². The third-order valence-corrected chi connectivity index (χ3v) is 6.23. The van der Waals surface area contributed by atoms with Gasteiger partial charge in [-0.05, 0) is 55.6 Å². The van der Waals surface area contributed by atoms with E-state index in [9.17, 15) is 26.4 Å². The Morgan fingerprint density at radius 1 is 0.931 bits per heavy atom. The summed E-state index contributed by atoms with van der Waals surface area (Å²) in [6.45, 7) is 3.77. The normalized spacial score (nSPS) is 15.9. The number of sulfone groups is 1. The van der Waals surface area contributed by atoms with E-state index in [4.69, 9.17) is 0 Å². The van der Waals surface area contributed by atoms with E-state index in [0.29, 0.717) is 5.69 Å². The fourth-order valence-electron chi connectivity index (χ4n) is 2.94. The number of hydrogen-bond donors (Lipinski definition) is 1. The molecule has 0 aromatic heterocycles. The van der Waals surface area contributed by atoms with Crippen molar-refractivity contribution in [3.05, 3.63) is 54.1 Å². The lowest BCUT2D eigenvalue weighted by atomic mass is 10.2. The maximum atomic E-state index is 12.6. The number of anilines is 2. The van der Waals surface area contributed by atoms with Crippen molar-refractivity contribution in [1.29, 1.82) is 0 Å². The van der Waals surface area contributed by atoms with Gasteiger partial charge in [-0.1, -0.05) is 0 Å². The first-order chi connectivity index (χ1) is 13.6. The van der Waals surface area contributed by atoms with Crippen LogP contribution in [0.5, 0.6) is 0 Å². The highest BCUT2D eigenvalue weighted by Gasteiger charge is 2.46. The van der Waals surface area contributed by atoms with E-state index in [1.165, 1.54) is 0 Å². The summed E-state index contributed by atoms with van der Waals surface area (Å²) in [7, 11) is -3.37. The van der Waals surface area contributed by atoms with E-state index in [1.807, 2.05) is 12.1 Å². The molecule has 1 saturated heterocycles. The monoisotopic (exact) mass is 427 g/mol. The molecule has 0 atom stereocenters. The average Bonchev–Trinajstić information content (AvgIpc) is 2.68. The average molecular weight is 427 g/mol. The standard InChI is InChI=1S/C19H20F3N3O3S/c1-24-10-12-25(13-11-24)16-6-4-15(5-7-16)23-18(26)14-2-8-17(9-3-14)29(27,28)19(20,21)22/h2-9H,10-13H2,1H3,(H,23,26). The summed E-state index contributed by atoms with van der Waals surface area (Å²) in [6.07, 6.45) is 0. The Labute approximate surface area is 166 Å². The molecular formula is C19H20F3N3O3S. The molecule has 0 spiro atoms. The summed E-state index contributed by atoms with van der Waals surface area (Å²) in [4.78, 5) is 15.9. The third kappa shape index (κ3) is 4.70. The van der Waals surface area contributed by atoms with E-state index < -0.39 is 26.1 Å². The van der Waals surface area contributed by atoms with E-state index in [0.717, 1.165) is 56.1 Å². The van der Waals surface area contributed by atoms with Gasteiger partial charge in [0, 0.05) is 43.1 Å². The van der Waals surface area contributed by atoms with Crippen molar-refractivity contribution >= 4 is 27.1 Å². The molecule has 1 aliphatic rings. The maximum Gasteiger partial charge on any atom is 0.501 e. The molecule has 0 unspecified atom stereocenters. The van der Waals surface area contributed by atoms with Crippen LogP contribution in [-0.2, 0) is 9.84 Å². The number of nitrogens with one attached hydrogen (secondary N) is 1. The zero-order valence-corrected chi connectivity index (χ0v) is 16.4. The number of hydrogen-bond acceptors (Lipinski definition) is 5. The number of nitrogens with zero attached hydrogens (tertiary/aromatic N) is 2. The van der Waals surface area contributed by atoms with Crippen LogP contribution in [-0.4, -0.2) is 58.0 Å². The minimum atomic E-state index is -5.44. The first-order valence-corrected chi connectivity index (χ1v) is 10.3. The Morgan fingerprint density at radius 3 is 2.00 bits per heavy atom. The molecule has 1 fully saturated rings. The van der Waals surface area contributed by atoms with Crippen molar-refractivity contribution in [2.75, 3.05) is 43.4 Å². The van der Waals surface area contributed by atoms with Gasteiger partial charge in [0.05, 0.1) is 4.90 Å². The molecule has 1 N–H and O–H groups in total. The van der Waals surface area contributed by atoms with Gasteiger partial charge in [-0.15, -0.1) is 0 Å². The molecule has 0 saturated carbocycles. The first kappa shape index (κ1) is 21.1. The van der Waals surface area contributed by atoms with Gasteiger partial charge in [0.25, 0.3) is 15.7 Å². The molecule has 1 amide bonds. The molecule has 2 aromatic carbocycles. The van der Waals surface area contributed by atoms with Crippen LogP contribution in [0.25, 0.3) is 0 Å². The maximum absolute atomic E-state index is 12.6. The van der Waals surface area contributed by atoms with Crippen molar-refractivity contribution < 1.29 is 26.4 Å². The highest BCUT2D eigenvalue weighted by atomic mass is 32.2. The van der Waals surface area contributed by atoms with Gasteiger partial charge in [0.1, 0.15) is 0 Å². The number of carbonyl (C=O) groups is 1. The topological polar surface area (TPSA) is 69.7 Å². The fourth-order valence-corrected chi connectivity index (χ4v) is 3.70. The second-order valence-electron chi connectivity index (χ2n) is 6.76. The van der Waals surface area contributed by atoms with E-state index >= 15 is 0 Å². The predicted octanol–water partition coefficient (Wildman–Crippen LogP) is 2.98. The number of likely N-dealkylation sites (N-methyl/N-ethyl adjacent to an activating group) is 1. The third-order valence-electron chi connectivity index (χ3n) is 4.73. The van der Waals surface area contributed by atoms with Crippen LogP contribution in [0.2, 0.25) is 0 Å². The van der Waals surface area contributed by atoms with Crippen molar-refractivity contribution in [1.82, 2.24) is 4.90 Å². The van der Waals surface area contributed by atoms with Gasteiger partial charge in [-0.25, -0.2) is 8.42 Å². The van der Waals surface area contributed by atoms with Crippen LogP contribution in [0.1, 0.15) is 10.4 Å². The number of amides is 1. The van der Waals surface area contributed by atoms with Gasteiger partial charge in [0.15, 0.2) is 0 Å². The van der Waals surface area contributed by atoms with E-state index in [1.54, 1.807) is 12.1 Å².